The summed E-state index contributed by atoms with van der Waals surface area (Å²) < 4.78 is 1.77. The van der Waals surface area contributed by atoms with E-state index in [0.29, 0.717) is 16.8 Å². The van der Waals surface area contributed by atoms with E-state index in [0.717, 1.165) is 16.6 Å². The average molecular weight is 363 g/mol. The van der Waals surface area contributed by atoms with Gasteiger partial charge in [-0.25, -0.2) is 0 Å². The summed E-state index contributed by atoms with van der Waals surface area (Å²) in [5.74, 6) is -0.400. The van der Waals surface area contributed by atoms with Crippen molar-refractivity contribution in [1.82, 2.24) is 4.57 Å². The average Bonchev–Trinajstić information content (AvgIpc) is 2.56. The molecule has 0 saturated heterocycles. The number of nitrogens with zero attached hydrogens (tertiary/aromatic N) is 1. The van der Waals surface area contributed by atoms with Crippen LogP contribution in [-0.4, -0.2) is 16.4 Å². The van der Waals surface area contributed by atoms with Gasteiger partial charge in [0.25, 0.3) is 0 Å². The number of anilines is 2. The van der Waals surface area contributed by atoms with E-state index in [9.17, 15) is 14.4 Å². The number of aryl methyl sites for hydroxylation is 2. The molecule has 0 aliphatic heterocycles. The number of carbonyl (C=O) groups is 2. The van der Waals surface area contributed by atoms with Gasteiger partial charge in [-0.2, -0.15) is 0 Å². The Morgan fingerprint density at radius 3 is 2.41 bits per heavy atom. The van der Waals surface area contributed by atoms with Gasteiger partial charge in [-0.3, -0.25) is 14.4 Å². The van der Waals surface area contributed by atoms with Crippen molar-refractivity contribution in [2.24, 2.45) is 0 Å². The van der Waals surface area contributed by atoms with Gasteiger partial charge >= 0.3 is 0 Å². The number of aromatic nitrogens is 1. The lowest BCUT2D eigenvalue weighted by molar-refractivity contribution is -0.116. The molecular weight excluding hydrogens is 342 g/mol. The van der Waals surface area contributed by atoms with Gasteiger partial charge in [0.15, 0.2) is 5.43 Å². The molecule has 1 aromatic heterocycles. The molecule has 0 fully saturated rings. The van der Waals surface area contributed by atoms with Gasteiger partial charge in [-0.1, -0.05) is 12.1 Å². The second-order valence-corrected chi connectivity index (χ2v) is 6.59. The molecule has 0 spiro atoms. The minimum Gasteiger partial charge on any atom is -0.338 e. The molecule has 138 valence electrons. The SMILES string of the molecule is CC(=O)Nc1cccc(NC(=O)Cn2ccc(=O)c3c(C)cc(C)cc32)c1. The van der Waals surface area contributed by atoms with Gasteiger partial charge in [-0.15, -0.1) is 0 Å². The normalized spacial score (nSPS) is 10.6. The minimum atomic E-state index is -0.223. The van der Waals surface area contributed by atoms with E-state index in [4.69, 9.17) is 0 Å². The van der Waals surface area contributed by atoms with Gasteiger partial charge < -0.3 is 15.2 Å². The number of amides is 2. The fraction of sp³-hybridized carbons (Fsp3) is 0.190. The van der Waals surface area contributed by atoms with Crippen LogP contribution in [0.1, 0.15) is 18.1 Å². The van der Waals surface area contributed by atoms with Gasteiger partial charge in [0.05, 0.1) is 5.52 Å². The molecule has 3 aromatic rings. The molecule has 0 bridgehead atoms. The first-order chi connectivity index (χ1) is 12.8. The number of carbonyl (C=O) groups excluding carboxylic acids is 2. The minimum absolute atomic E-state index is 0.0535. The van der Waals surface area contributed by atoms with Crippen LogP contribution in [0.15, 0.2) is 53.5 Å². The van der Waals surface area contributed by atoms with Crippen molar-refractivity contribution in [3.05, 3.63) is 70.0 Å². The number of rotatable bonds is 4. The first kappa shape index (κ1) is 18.4. The lowest BCUT2D eigenvalue weighted by Crippen LogP contribution is -2.20. The van der Waals surface area contributed by atoms with Crippen molar-refractivity contribution in [2.45, 2.75) is 27.3 Å². The van der Waals surface area contributed by atoms with Crippen LogP contribution in [0.2, 0.25) is 0 Å². The zero-order chi connectivity index (χ0) is 19.6. The smallest absolute Gasteiger partial charge is 0.244 e. The first-order valence-corrected chi connectivity index (χ1v) is 8.61. The maximum Gasteiger partial charge on any atom is 0.244 e. The number of benzene rings is 2. The van der Waals surface area contributed by atoms with Crippen molar-refractivity contribution in [2.75, 3.05) is 10.6 Å². The first-order valence-electron chi connectivity index (χ1n) is 8.61. The third kappa shape index (κ3) is 4.23. The Bertz CT molecular complexity index is 1100. The molecule has 3 rings (SSSR count). The molecule has 0 aliphatic rings. The Morgan fingerprint density at radius 2 is 1.70 bits per heavy atom. The Hall–Kier alpha value is -3.41. The van der Waals surface area contributed by atoms with Crippen molar-refractivity contribution >= 4 is 34.1 Å². The highest BCUT2D eigenvalue weighted by atomic mass is 16.2. The largest absolute Gasteiger partial charge is 0.338 e. The third-order valence-electron chi connectivity index (χ3n) is 4.20. The summed E-state index contributed by atoms with van der Waals surface area (Å²) in [6.07, 6.45) is 1.64. The van der Waals surface area contributed by atoms with Gasteiger partial charge in [-0.05, 0) is 49.2 Å². The van der Waals surface area contributed by atoms with E-state index >= 15 is 0 Å². The zero-order valence-electron chi connectivity index (χ0n) is 15.5. The number of nitrogens with one attached hydrogen (secondary N) is 2. The predicted octanol–water partition coefficient (Wildman–Crippen LogP) is 3.22. The molecule has 6 heteroatoms. The maximum atomic E-state index is 12.5. The Balaban J connectivity index is 1.86. The van der Waals surface area contributed by atoms with Crippen LogP contribution in [0, 0.1) is 13.8 Å². The number of hydrogen-bond donors (Lipinski definition) is 2. The van der Waals surface area contributed by atoms with E-state index in [1.54, 1.807) is 35.0 Å². The van der Waals surface area contributed by atoms with Crippen LogP contribution in [-0.2, 0) is 16.1 Å². The monoisotopic (exact) mass is 363 g/mol. The van der Waals surface area contributed by atoms with E-state index in [-0.39, 0.29) is 23.8 Å². The highest BCUT2D eigenvalue weighted by Gasteiger charge is 2.10. The third-order valence-corrected chi connectivity index (χ3v) is 4.20. The molecule has 0 saturated carbocycles. The molecule has 2 amide bonds. The number of pyridine rings is 1. The van der Waals surface area contributed by atoms with E-state index in [1.807, 2.05) is 26.0 Å². The molecule has 2 N–H and O–H groups in total. The van der Waals surface area contributed by atoms with Crippen molar-refractivity contribution < 1.29 is 9.59 Å². The molecule has 1 heterocycles. The lowest BCUT2D eigenvalue weighted by Gasteiger charge is -2.13. The quantitative estimate of drug-likeness (QED) is 0.747. The van der Waals surface area contributed by atoms with Gasteiger partial charge in [0.1, 0.15) is 6.54 Å². The van der Waals surface area contributed by atoms with Crippen molar-refractivity contribution in [3.8, 4) is 0 Å². The molecule has 27 heavy (non-hydrogen) atoms. The number of fused-ring (bicyclic) bond motifs is 1. The Morgan fingerprint density at radius 1 is 1.00 bits per heavy atom. The van der Waals surface area contributed by atoms with E-state index in [2.05, 4.69) is 10.6 Å². The molecule has 2 aromatic carbocycles. The lowest BCUT2D eigenvalue weighted by atomic mass is 10.1. The fourth-order valence-electron chi connectivity index (χ4n) is 3.18. The van der Waals surface area contributed by atoms with Crippen molar-refractivity contribution in [3.63, 3.8) is 0 Å². The van der Waals surface area contributed by atoms with Crippen LogP contribution >= 0.6 is 0 Å². The second-order valence-electron chi connectivity index (χ2n) is 6.59. The highest BCUT2D eigenvalue weighted by Crippen LogP contribution is 2.18. The van der Waals surface area contributed by atoms with Crippen LogP contribution in [0.4, 0.5) is 11.4 Å². The molecule has 6 nitrogen and oxygen atoms in total. The molecule has 0 aliphatic carbocycles. The summed E-state index contributed by atoms with van der Waals surface area (Å²) in [4.78, 5) is 35.9. The number of hydrogen-bond acceptors (Lipinski definition) is 3. The Labute approximate surface area is 156 Å². The summed E-state index contributed by atoms with van der Waals surface area (Å²) in [7, 11) is 0. The summed E-state index contributed by atoms with van der Waals surface area (Å²) in [5, 5.41) is 6.13. The second kappa shape index (κ2) is 7.45. The van der Waals surface area contributed by atoms with Gasteiger partial charge in [0.2, 0.25) is 11.8 Å². The van der Waals surface area contributed by atoms with Crippen LogP contribution in [0.3, 0.4) is 0 Å². The summed E-state index contributed by atoms with van der Waals surface area (Å²) in [6.45, 7) is 5.36. The predicted molar refractivity (Wildman–Crippen MR) is 107 cm³/mol. The zero-order valence-corrected chi connectivity index (χ0v) is 15.5. The summed E-state index contributed by atoms with van der Waals surface area (Å²) in [6, 6.07) is 12.3. The van der Waals surface area contributed by atoms with Crippen LogP contribution in [0.25, 0.3) is 10.9 Å². The highest BCUT2D eigenvalue weighted by molar-refractivity contribution is 5.94. The molecule has 0 unspecified atom stereocenters. The summed E-state index contributed by atoms with van der Waals surface area (Å²) in [5.41, 5.74) is 3.81. The Kier molecular flexibility index (Phi) is 5.07. The molecular formula is C21H21N3O3. The van der Waals surface area contributed by atoms with Gasteiger partial charge in [0, 0.05) is 35.9 Å². The van der Waals surface area contributed by atoms with E-state index < -0.39 is 0 Å². The van der Waals surface area contributed by atoms with E-state index in [1.165, 1.54) is 13.0 Å². The van der Waals surface area contributed by atoms with Crippen molar-refractivity contribution in [1.29, 1.82) is 0 Å². The van der Waals surface area contributed by atoms with Crippen LogP contribution in [0.5, 0.6) is 0 Å². The molecule has 0 atom stereocenters. The standard InChI is InChI=1S/C21H21N3O3/c1-13-9-14(2)21-18(10-13)24(8-7-19(21)26)12-20(27)23-17-6-4-5-16(11-17)22-15(3)25/h4-11H,12H2,1-3H3,(H,22,25)(H,23,27). The van der Waals surface area contributed by atoms with Crippen LogP contribution < -0.4 is 16.1 Å². The topological polar surface area (TPSA) is 80.2 Å². The maximum absolute atomic E-state index is 12.5. The molecule has 0 radical (unpaired) electrons. The fourth-order valence-corrected chi connectivity index (χ4v) is 3.18. The summed E-state index contributed by atoms with van der Waals surface area (Å²) >= 11 is 0.